The van der Waals surface area contributed by atoms with Crippen LogP contribution in [0.3, 0.4) is 0 Å². The number of ether oxygens (including phenoxy) is 2. The molecular formula is C45H45N5O4. The van der Waals surface area contributed by atoms with Gasteiger partial charge in [-0.3, -0.25) is 14.8 Å². The number of amides is 2. The minimum Gasteiger partial charge on any atom is -0.443 e. The average Bonchev–Trinajstić information content (AvgIpc) is 3.94. The highest BCUT2D eigenvalue weighted by atomic mass is 16.6. The number of carbonyl (C=O) groups is 2. The van der Waals surface area contributed by atoms with Gasteiger partial charge in [-0.2, -0.15) is 0 Å². The summed E-state index contributed by atoms with van der Waals surface area (Å²) in [5.74, 6) is 0.718. The highest BCUT2D eigenvalue weighted by Crippen LogP contribution is 2.41. The minimum absolute atomic E-state index is 0.187. The third kappa shape index (κ3) is 6.94. The van der Waals surface area contributed by atoms with Crippen molar-refractivity contribution in [2.45, 2.75) is 84.1 Å². The number of hydrogen-bond donors (Lipinski definition) is 1. The first-order valence-electron chi connectivity index (χ1n) is 18.5. The Morgan fingerprint density at radius 1 is 0.648 bits per heavy atom. The monoisotopic (exact) mass is 719 g/mol. The van der Waals surface area contributed by atoms with Gasteiger partial charge in [0.1, 0.15) is 23.1 Å². The maximum Gasteiger partial charge on any atom is 0.415 e. The van der Waals surface area contributed by atoms with Crippen molar-refractivity contribution < 1.29 is 19.1 Å². The lowest BCUT2D eigenvalue weighted by atomic mass is 9.96. The van der Waals surface area contributed by atoms with Gasteiger partial charge in [0, 0.05) is 31.2 Å². The summed E-state index contributed by atoms with van der Waals surface area (Å²) >= 11 is 0. The van der Waals surface area contributed by atoms with Gasteiger partial charge < -0.3 is 14.5 Å². The van der Waals surface area contributed by atoms with Crippen LogP contribution in [0.1, 0.15) is 76.5 Å². The Labute approximate surface area is 316 Å². The molecule has 0 fully saturated rings. The summed E-state index contributed by atoms with van der Waals surface area (Å²) in [6.45, 7) is 11.3. The molecule has 274 valence electrons. The lowest BCUT2D eigenvalue weighted by Gasteiger charge is -2.29. The first-order valence-corrected chi connectivity index (χ1v) is 18.5. The molecule has 9 nitrogen and oxygen atoms in total. The van der Waals surface area contributed by atoms with Gasteiger partial charge in [0.05, 0.1) is 29.3 Å². The topological polar surface area (TPSA) is 100 Å². The molecule has 3 aliphatic rings. The van der Waals surface area contributed by atoms with Crippen LogP contribution in [-0.2, 0) is 22.3 Å². The van der Waals surface area contributed by atoms with Crippen molar-refractivity contribution in [1.82, 2.24) is 9.97 Å². The van der Waals surface area contributed by atoms with Crippen molar-refractivity contribution in [2.24, 2.45) is 4.99 Å². The van der Waals surface area contributed by atoms with Crippen molar-refractivity contribution in [3.05, 3.63) is 132 Å². The second-order valence-corrected chi connectivity index (χ2v) is 16.2. The number of aromatic amines is 1. The van der Waals surface area contributed by atoms with E-state index in [9.17, 15) is 9.59 Å². The fraction of sp³-hybridized carbons (Fsp3) is 0.289. The molecule has 0 unspecified atom stereocenters. The van der Waals surface area contributed by atoms with E-state index in [4.69, 9.17) is 19.5 Å². The molecule has 2 amide bonds. The first-order chi connectivity index (χ1) is 25.8. The van der Waals surface area contributed by atoms with Crippen molar-refractivity contribution in [2.75, 3.05) is 9.80 Å². The highest BCUT2D eigenvalue weighted by molar-refractivity contribution is 6.09. The lowest BCUT2D eigenvalue weighted by Crippen LogP contribution is -2.45. The average molecular weight is 720 g/mol. The standard InChI is InChI=1S/C45H45N5O4/c1-44(2,3)53-42(51)49-37-13-9-7-11-32(37)24-39(49)35-23-34(26-46-35)30-17-15-28(16-18-30)29-19-21-31(22-20-29)36-27-47-41(48-36)40-25-33-12-8-10-14-38(33)50(40)43(52)54-45(4,5)6/h7-22,26-27,39-40H,23-25H2,1-6H3,(H,47,48)/t39-,40-/m0/s1. The number of nitrogens with zero attached hydrogens (tertiary/aromatic N) is 4. The smallest absolute Gasteiger partial charge is 0.415 e. The molecule has 0 bridgehead atoms. The van der Waals surface area contributed by atoms with Crippen LogP contribution < -0.4 is 9.80 Å². The van der Waals surface area contributed by atoms with Gasteiger partial charge in [-0.25, -0.2) is 14.6 Å². The Kier molecular flexibility index (Phi) is 8.75. The molecule has 1 N–H and O–H groups in total. The third-order valence-corrected chi connectivity index (χ3v) is 9.97. The number of H-pyrrole nitrogens is 1. The fourth-order valence-electron chi connectivity index (χ4n) is 7.53. The van der Waals surface area contributed by atoms with E-state index in [0.29, 0.717) is 19.3 Å². The molecule has 0 saturated heterocycles. The molecule has 54 heavy (non-hydrogen) atoms. The number of aliphatic imine (C=N–C) groups is 1. The van der Waals surface area contributed by atoms with Crippen LogP contribution in [0.2, 0.25) is 0 Å². The molecule has 3 aliphatic heterocycles. The van der Waals surface area contributed by atoms with Crippen LogP contribution in [0.15, 0.2) is 114 Å². The fourth-order valence-corrected chi connectivity index (χ4v) is 7.53. The molecule has 4 heterocycles. The van der Waals surface area contributed by atoms with Gasteiger partial charge in [-0.05, 0) is 92.6 Å². The second kappa shape index (κ2) is 13.5. The van der Waals surface area contributed by atoms with E-state index >= 15 is 0 Å². The van der Waals surface area contributed by atoms with E-state index in [1.807, 2.05) is 90.3 Å². The van der Waals surface area contributed by atoms with E-state index < -0.39 is 11.2 Å². The molecule has 2 atom stereocenters. The van der Waals surface area contributed by atoms with Crippen LogP contribution in [0.5, 0.6) is 0 Å². The second-order valence-electron chi connectivity index (χ2n) is 16.2. The number of para-hydroxylation sites is 2. The van der Waals surface area contributed by atoms with E-state index in [0.717, 1.165) is 67.6 Å². The number of aromatic nitrogens is 2. The Hall–Kier alpha value is -5.96. The number of rotatable bonds is 5. The third-order valence-electron chi connectivity index (χ3n) is 9.97. The van der Waals surface area contributed by atoms with Gasteiger partial charge >= 0.3 is 12.2 Å². The summed E-state index contributed by atoms with van der Waals surface area (Å²) < 4.78 is 11.6. The van der Waals surface area contributed by atoms with Crippen molar-refractivity contribution in [3.63, 3.8) is 0 Å². The number of allylic oxidation sites excluding steroid dienone is 1. The molecule has 1 aromatic heterocycles. The SMILES string of the molecule is CC(C)(C)OC(=O)N1c2ccccc2C[C@H]1C1=NC=C(c2ccc(-c3ccc(-c4cnc([C@@H]5Cc6ccccc6N5C(=O)OC(C)(C)C)[nH]4)cc3)cc2)C1. The zero-order valence-corrected chi connectivity index (χ0v) is 31.6. The number of nitrogens with one attached hydrogen (secondary N) is 1. The molecular weight excluding hydrogens is 675 g/mol. The predicted octanol–water partition coefficient (Wildman–Crippen LogP) is 10.3. The summed E-state index contributed by atoms with van der Waals surface area (Å²) in [4.78, 5) is 43.3. The number of benzene rings is 4. The van der Waals surface area contributed by atoms with Crippen LogP contribution >= 0.6 is 0 Å². The Morgan fingerprint density at radius 3 is 1.69 bits per heavy atom. The molecule has 0 spiro atoms. The van der Waals surface area contributed by atoms with Gasteiger partial charge in [-0.1, -0.05) is 84.9 Å². The van der Waals surface area contributed by atoms with Crippen LogP contribution in [0.4, 0.5) is 21.0 Å². The van der Waals surface area contributed by atoms with Gasteiger partial charge in [0.25, 0.3) is 0 Å². The van der Waals surface area contributed by atoms with Crippen LogP contribution in [0, 0.1) is 0 Å². The summed E-state index contributed by atoms with van der Waals surface area (Å²) in [5, 5.41) is 0. The Morgan fingerprint density at radius 2 is 1.13 bits per heavy atom. The molecule has 0 radical (unpaired) electrons. The maximum absolute atomic E-state index is 13.4. The maximum atomic E-state index is 13.4. The predicted molar refractivity (Wildman–Crippen MR) is 214 cm³/mol. The summed E-state index contributed by atoms with van der Waals surface area (Å²) in [7, 11) is 0. The zero-order chi connectivity index (χ0) is 37.8. The van der Waals surface area contributed by atoms with Crippen LogP contribution in [0.25, 0.3) is 28.0 Å². The summed E-state index contributed by atoms with van der Waals surface area (Å²) in [6.07, 6.45) is 5.07. The lowest BCUT2D eigenvalue weighted by molar-refractivity contribution is 0.0561. The van der Waals surface area contributed by atoms with Gasteiger partial charge in [0.15, 0.2) is 0 Å². The summed E-state index contributed by atoms with van der Waals surface area (Å²) in [6, 6.07) is 32.4. The largest absolute Gasteiger partial charge is 0.443 e. The zero-order valence-electron chi connectivity index (χ0n) is 31.6. The number of imidazole rings is 1. The first kappa shape index (κ1) is 35.1. The molecule has 4 aromatic carbocycles. The molecule has 0 saturated carbocycles. The minimum atomic E-state index is -0.614. The molecule has 0 aliphatic carbocycles. The van der Waals surface area contributed by atoms with Crippen molar-refractivity contribution in [3.8, 4) is 22.4 Å². The number of carbonyl (C=O) groups excluding carboxylic acids is 2. The van der Waals surface area contributed by atoms with E-state index in [1.165, 1.54) is 0 Å². The normalized spacial score (nSPS) is 17.9. The Bertz CT molecular complexity index is 2290. The van der Waals surface area contributed by atoms with E-state index in [2.05, 4.69) is 65.6 Å². The Balaban J connectivity index is 0.940. The molecule has 8 rings (SSSR count). The summed E-state index contributed by atoms with van der Waals surface area (Å²) in [5.41, 5.74) is 10.0. The quantitative estimate of drug-likeness (QED) is 0.195. The molecule has 9 heteroatoms. The van der Waals surface area contributed by atoms with Crippen molar-refractivity contribution >= 4 is 34.8 Å². The molecule has 5 aromatic rings. The number of fused-ring (bicyclic) bond motifs is 2. The van der Waals surface area contributed by atoms with Gasteiger partial charge in [-0.15, -0.1) is 0 Å². The van der Waals surface area contributed by atoms with E-state index in [-0.39, 0.29) is 24.3 Å². The van der Waals surface area contributed by atoms with E-state index in [1.54, 1.807) is 9.80 Å². The van der Waals surface area contributed by atoms with Crippen molar-refractivity contribution in [1.29, 1.82) is 0 Å². The van der Waals surface area contributed by atoms with Crippen LogP contribution in [-0.4, -0.2) is 45.1 Å². The number of hydrogen-bond acceptors (Lipinski definition) is 6. The highest BCUT2D eigenvalue weighted by Gasteiger charge is 2.41. The van der Waals surface area contributed by atoms with Gasteiger partial charge in [0.2, 0.25) is 0 Å². The number of anilines is 2.